The maximum atomic E-state index is 14.1. The van der Waals surface area contributed by atoms with Crippen molar-refractivity contribution in [2.24, 2.45) is 4.99 Å². The minimum atomic E-state index is -0.294. The van der Waals surface area contributed by atoms with Gasteiger partial charge in [-0.25, -0.2) is 4.98 Å². The van der Waals surface area contributed by atoms with Crippen molar-refractivity contribution in [3.63, 3.8) is 0 Å². The van der Waals surface area contributed by atoms with Crippen molar-refractivity contribution < 1.29 is 9.44 Å². The van der Waals surface area contributed by atoms with Gasteiger partial charge in [-0.15, -0.1) is 0 Å². The van der Waals surface area contributed by atoms with E-state index in [9.17, 15) is 10.0 Å². The van der Waals surface area contributed by atoms with Crippen molar-refractivity contribution in [2.75, 3.05) is 57.3 Å². The van der Waals surface area contributed by atoms with Gasteiger partial charge in [-0.2, -0.15) is 0 Å². The molecule has 2 fully saturated rings. The van der Waals surface area contributed by atoms with Gasteiger partial charge in [0.1, 0.15) is 24.7 Å². The van der Waals surface area contributed by atoms with Gasteiger partial charge in [-0.05, 0) is 31.5 Å². The zero-order chi connectivity index (χ0) is 23.7. The number of aliphatic imine (C=N–C) groups is 1. The number of nitrogens with zero attached hydrogens (tertiary/aromatic N) is 6. The van der Waals surface area contributed by atoms with Crippen molar-refractivity contribution in [3.05, 3.63) is 40.5 Å². The van der Waals surface area contributed by atoms with Crippen molar-refractivity contribution in [1.29, 1.82) is 0 Å². The molecule has 1 aromatic rings. The molecule has 1 amide bonds. The van der Waals surface area contributed by atoms with Crippen molar-refractivity contribution in [1.82, 2.24) is 25.4 Å². The average Bonchev–Trinajstić information content (AvgIpc) is 3.24. The molecule has 5 rings (SSSR count). The number of piperazine rings is 1. The van der Waals surface area contributed by atoms with Crippen LogP contribution in [0.25, 0.3) is 0 Å². The van der Waals surface area contributed by atoms with Crippen LogP contribution < -0.4 is 15.5 Å². The lowest BCUT2D eigenvalue weighted by molar-refractivity contribution is -0.890. The van der Waals surface area contributed by atoms with Gasteiger partial charge in [0.05, 0.1) is 18.2 Å². The minimum absolute atomic E-state index is 0.124. The summed E-state index contributed by atoms with van der Waals surface area (Å²) in [7, 11) is 0. The van der Waals surface area contributed by atoms with Gasteiger partial charge in [-0.3, -0.25) is 15.1 Å². The first-order valence-electron chi connectivity index (χ1n) is 12.5. The summed E-state index contributed by atoms with van der Waals surface area (Å²) in [6.45, 7) is 9.88. The molecule has 2 saturated heterocycles. The number of carbonyl (C=O) groups is 1. The Morgan fingerprint density at radius 3 is 2.79 bits per heavy atom. The van der Waals surface area contributed by atoms with Crippen LogP contribution in [0, 0.1) is 5.21 Å². The summed E-state index contributed by atoms with van der Waals surface area (Å²) in [6.07, 6.45) is 5.77. The van der Waals surface area contributed by atoms with E-state index in [4.69, 9.17) is 0 Å². The summed E-state index contributed by atoms with van der Waals surface area (Å²) in [4.78, 5) is 27.3. The molecule has 0 spiro atoms. The number of carbonyl (C=O) groups excluding carboxylic acids is 1. The van der Waals surface area contributed by atoms with Crippen LogP contribution in [0.1, 0.15) is 32.3 Å². The summed E-state index contributed by atoms with van der Waals surface area (Å²) < 4.78 is -0.294. The van der Waals surface area contributed by atoms with E-state index in [0.717, 1.165) is 74.9 Å². The van der Waals surface area contributed by atoms with Gasteiger partial charge in [0.15, 0.2) is 6.29 Å². The number of nitrogens with one attached hydrogen (secondary N) is 2. The fraction of sp³-hybridized carbons (Fsp3) is 0.625. The number of quaternary nitrogens is 1. The molecule has 10 nitrogen and oxygen atoms in total. The molecule has 4 aliphatic rings. The highest BCUT2D eigenvalue weighted by atomic mass is 16.5. The highest BCUT2D eigenvalue weighted by Crippen LogP contribution is 2.32. The van der Waals surface area contributed by atoms with Gasteiger partial charge < -0.3 is 29.9 Å². The van der Waals surface area contributed by atoms with Gasteiger partial charge in [-0.1, -0.05) is 6.92 Å². The molecular weight excluding hydrogens is 432 g/mol. The van der Waals surface area contributed by atoms with E-state index < -0.39 is 0 Å². The largest absolute Gasteiger partial charge is 0.632 e. The first-order valence-corrected chi connectivity index (χ1v) is 12.5. The highest BCUT2D eigenvalue weighted by molar-refractivity contribution is 5.81. The van der Waals surface area contributed by atoms with Crippen LogP contribution in [0.5, 0.6) is 0 Å². The molecule has 0 saturated carbocycles. The third-order valence-electron chi connectivity index (χ3n) is 7.35. The van der Waals surface area contributed by atoms with Gasteiger partial charge in [0, 0.05) is 57.6 Å². The quantitative estimate of drug-likeness (QED) is 0.488. The maximum absolute atomic E-state index is 14.1. The molecule has 0 radical (unpaired) electrons. The SMILES string of the molecule is CCN[C@H]1N=CC2=C(N1)N1CCCC1C[N+]([O-])(Cc1ccc(N3CCN(C(C)=O)CC3)nc1)C2. The summed E-state index contributed by atoms with van der Waals surface area (Å²) in [5, 5.41) is 21.0. The second kappa shape index (κ2) is 9.52. The molecule has 0 bridgehead atoms. The predicted octanol–water partition coefficient (Wildman–Crippen LogP) is 0.821. The summed E-state index contributed by atoms with van der Waals surface area (Å²) in [5.41, 5.74) is 1.96. The maximum Gasteiger partial charge on any atom is 0.219 e. The average molecular weight is 469 g/mol. The van der Waals surface area contributed by atoms with E-state index in [1.54, 1.807) is 6.92 Å². The first kappa shape index (κ1) is 23.1. The Balaban J connectivity index is 1.29. The van der Waals surface area contributed by atoms with Crippen LogP contribution in [0.3, 0.4) is 0 Å². The Hall–Kier alpha value is -2.69. The van der Waals surface area contributed by atoms with Gasteiger partial charge in [0.25, 0.3) is 0 Å². The van der Waals surface area contributed by atoms with Gasteiger partial charge in [0.2, 0.25) is 5.91 Å². The first-order chi connectivity index (χ1) is 16.4. The Kier molecular flexibility index (Phi) is 6.46. The lowest BCUT2D eigenvalue weighted by atomic mass is 10.1. The molecule has 0 aromatic carbocycles. The number of hydroxylamine groups is 3. The molecule has 4 aliphatic heterocycles. The van der Waals surface area contributed by atoms with Crippen molar-refractivity contribution >= 4 is 17.9 Å². The van der Waals surface area contributed by atoms with Crippen LogP contribution in [0.15, 0.2) is 34.7 Å². The third-order valence-corrected chi connectivity index (χ3v) is 7.35. The van der Waals surface area contributed by atoms with E-state index >= 15 is 0 Å². The number of anilines is 1. The summed E-state index contributed by atoms with van der Waals surface area (Å²) in [5.74, 6) is 2.11. The minimum Gasteiger partial charge on any atom is -0.632 e. The Morgan fingerprint density at radius 2 is 2.09 bits per heavy atom. The van der Waals surface area contributed by atoms with Gasteiger partial charge >= 0.3 is 0 Å². The highest BCUT2D eigenvalue weighted by Gasteiger charge is 2.39. The lowest BCUT2D eigenvalue weighted by Crippen LogP contribution is -2.49. The molecule has 5 heterocycles. The zero-order valence-corrected chi connectivity index (χ0v) is 20.2. The number of amides is 1. The Morgan fingerprint density at radius 1 is 1.26 bits per heavy atom. The van der Waals surface area contributed by atoms with E-state index in [2.05, 4.69) is 37.3 Å². The molecule has 2 unspecified atom stereocenters. The number of fused-ring (bicyclic) bond motifs is 2. The monoisotopic (exact) mass is 468 g/mol. The molecule has 10 heteroatoms. The Labute approximate surface area is 201 Å². The number of aromatic nitrogens is 1. The van der Waals surface area contributed by atoms with E-state index in [0.29, 0.717) is 19.6 Å². The second-order valence-electron chi connectivity index (χ2n) is 9.82. The lowest BCUT2D eigenvalue weighted by Gasteiger charge is -2.43. The normalized spacial score (nSPS) is 29.0. The van der Waals surface area contributed by atoms with Crippen LogP contribution in [0.4, 0.5) is 5.82 Å². The van der Waals surface area contributed by atoms with Crippen molar-refractivity contribution in [3.8, 4) is 0 Å². The zero-order valence-electron chi connectivity index (χ0n) is 20.2. The standard InChI is InChI=1S/C24H36N8O2/c1-3-25-24-27-14-20-16-32(34,17-21-5-4-8-31(21)23(20)28-24)15-19-6-7-22(26-13-19)30-11-9-29(10-12-30)18(2)33/h6-7,13-14,21,24-25,28H,3-5,8-12,15-17H2,1-2H3/t21?,24-,32?/m0/s1. The molecule has 2 N–H and O–H groups in total. The molecule has 1 aromatic heterocycles. The van der Waals surface area contributed by atoms with Crippen molar-refractivity contribution in [2.45, 2.75) is 45.6 Å². The predicted molar refractivity (Wildman–Crippen MR) is 132 cm³/mol. The van der Waals surface area contributed by atoms with Crippen LogP contribution in [-0.4, -0.2) is 96.2 Å². The summed E-state index contributed by atoms with van der Waals surface area (Å²) >= 11 is 0. The van der Waals surface area contributed by atoms with Crippen LogP contribution in [-0.2, 0) is 11.3 Å². The fourth-order valence-electron chi connectivity index (χ4n) is 5.65. The number of rotatable bonds is 5. The van der Waals surface area contributed by atoms with Crippen LogP contribution >= 0.6 is 0 Å². The smallest absolute Gasteiger partial charge is 0.219 e. The molecule has 0 aliphatic carbocycles. The topological polar surface area (TPSA) is 99.2 Å². The number of hydrogen-bond donors (Lipinski definition) is 2. The third kappa shape index (κ3) is 4.75. The molecule has 3 atom stereocenters. The van der Waals surface area contributed by atoms with E-state index in [1.165, 1.54) is 0 Å². The van der Waals surface area contributed by atoms with E-state index in [1.807, 2.05) is 29.4 Å². The molecular formula is C24H36N8O2. The Bertz CT molecular complexity index is 956. The number of hydrogen-bond acceptors (Lipinski definition) is 8. The molecule has 34 heavy (non-hydrogen) atoms. The fourth-order valence-corrected chi connectivity index (χ4v) is 5.65. The second-order valence-corrected chi connectivity index (χ2v) is 9.82. The van der Waals surface area contributed by atoms with Crippen LogP contribution in [0.2, 0.25) is 0 Å². The van der Waals surface area contributed by atoms with E-state index in [-0.39, 0.29) is 22.9 Å². The number of pyridine rings is 1. The molecule has 184 valence electrons. The summed E-state index contributed by atoms with van der Waals surface area (Å²) in [6, 6.07) is 4.30.